The minimum absolute atomic E-state index is 0. The predicted molar refractivity (Wildman–Crippen MR) is 107 cm³/mol. The van der Waals surface area contributed by atoms with Gasteiger partial charge in [-0.05, 0) is 35.6 Å². The maximum Gasteiger partial charge on any atom is 0.223 e. The zero-order chi connectivity index (χ0) is 15.4. The maximum atomic E-state index is 12.3. The van der Waals surface area contributed by atoms with Crippen LogP contribution in [0.4, 0.5) is 10.7 Å². The summed E-state index contributed by atoms with van der Waals surface area (Å²) in [7, 11) is 0. The number of carbonyl (C=O) groups excluding carboxylic acids is 1. The van der Waals surface area contributed by atoms with Crippen LogP contribution < -0.4 is 10.6 Å². The number of para-hydroxylation sites is 1. The van der Waals surface area contributed by atoms with Crippen LogP contribution in [0.2, 0.25) is 0 Å². The average molecular weight is 388 g/mol. The zero-order valence-corrected chi connectivity index (χ0v) is 15.8. The van der Waals surface area contributed by atoms with Crippen molar-refractivity contribution in [3.05, 3.63) is 47.3 Å². The number of nitrogens with two attached hydrogens (primary N) is 1. The summed E-state index contributed by atoms with van der Waals surface area (Å²) in [4.78, 5) is 16.7. The summed E-state index contributed by atoms with van der Waals surface area (Å²) >= 11 is 1.76. The number of hydrogen-bond donors (Lipinski definition) is 1. The number of halogens is 2. The van der Waals surface area contributed by atoms with Crippen molar-refractivity contribution in [3.63, 3.8) is 0 Å². The first-order valence-corrected chi connectivity index (χ1v) is 8.51. The van der Waals surface area contributed by atoms with E-state index in [0.717, 1.165) is 43.9 Å². The van der Waals surface area contributed by atoms with Gasteiger partial charge in [0, 0.05) is 38.3 Å². The Morgan fingerprint density at radius 2 is 1.75 bits per heavy atom. The van der Waals surface area contributed by atoms with Crippen LogP contribution in [-0.2, 0) is 11.2 Å². The van der Waals surface area contributed by atoms with E-state index >= 15 is 0 Å². The molecule has 0 aliphatic carbocycles. The summed E-state index contributed by atoms with van der Waals surface area (Å²) in [5.41, 5.74) is 7.77. The van der Waals surface area contributed by atoms with Crippen molar-refractivity contribution in [2.75, 3.05) is 36.8 Å². The number of nitrogens with zero attached hydrogens (tertiary/aromatic N) is 2. The van der Waals surface area contributed by atoms with Gasteiger partial charge in [0.2, 0.25) is 5.91 Å². The van der Waals surface area contributed by atoms with Gasteiger partial charge in [0.25, 0.3) is 0 Å². The first-order chi connectivity index (χ1) is 10.7. The number of amides is 1. The molecule has 2 aromatic rings. The Balaban J connectivity index is 0.00000144. The number of thiophene rings is 1. The summed E-state index contributed by atoms with van der Waals surface area (Å²) in [6.45, 7) is 3.45. The Kier molecular flexibility index (Phi) is 8.39. The largest absolute Gasteiger partial charge is 0.399 e. The normalized spacial score (nSPS) is 13.8. The van der Waals surface area contributed by atoms with E-state index in [1.54, 1.807) is 11.3 Å². The maximum absolute atomic E-state index is 12.3. The fourth-order valence-electron chi connectivity index (χ4n) is 2.79. The molecule has 1 amide bonds. The molecule has 132 valence electrons. The number of piperazine rings is 1. The lowest BCUT2D eigenvalue weighted by Gasteiger charge is -2.35. The van der Waals surface area contributed by atoms with E-state index in [2.05, 4.69) is 22.4 Å². The molecule has 0 spiro atoms. The zero-order valence-electron chi connectivity index (χ0n) is 13.4. The van der Waals surface area contributed by atoms with E-state index in [0.29, 0.717) is 6.42 Å². The Morgan fingerprint density at radius 3 is 2.38 bits per heavy atom. The van der Waals surface area contributed by atoms with Gasteiger partial charge < -0.3 is 15.5 Å². The predicted octanol–water partition coefficient (Wildman–Crippen LogP) is 3.46. The van der Waals surface area contributed by atoms with Gasteiger partial charge in [-0.1, -0.05) is 18.2 Å². The molecule has 2 heterocycles. The number of anilines is 2. The number of benzene rings is 1. The molecular weight excluding hydrogens is 365 g/mol. The monoisotopic (exact) mass is 387 g/mol. The highest BCUT2D eigenvalue weighted by Crippen LogP contribution is 2.22. The topological polar surface area (TPSA) is 49.6 Å². The minimum atomic E-state index is 0. The van der Waals surface area contributed by atoms with E-state index in [-0.39, 0.29) is 30.7 Å². The van der Waals surface area contributed by atoms with Crippen molar-refractivity contribution in [1.82, 2.24) is 4.90 Å². The first kappa shape index (κ1) is 20.6. The lowest BCUT2D eigenvalue weighted by atomic mass is 10.1. The van der Waals surface area contributed by atoms with Crippen LogP contribution in [0.3, 0.4) is 0 Å². The third-order valence-corrected chi connectivity index (χ3v) is 5.04. The number of rotatable bonds is 4. The van der Waals surface area contributed by atoms with Gasteiger partial charge in [-0.2, -0.15) is 0 Å². The van der Waals surface area contributed by atoms with Gasteiger partial charge in [0.05, 0.1) is 5.00 Å². The van der Waals surface area contributed by atoms with Crippen molar-refractivity contribution in [1.29, 1.82) is 0 Å². The lowest BCUT2D eigenvalue weighted by Crippen LogP contribution is -2.48. The molecule has 2 N–H and O–H groups in total. The minimum Gasteiger partial charge on any atom is -0.399 e. The third-order valence-electron chi connectivity index (χ3n) is 4.11. The molecule has 4 nitrogen and oxygen atoms in total. The smallest absolute Gasteiger partial charge is 0.223 e. The molecule has 7 heteroatoms. The van der Waals surface area contributed by atoms with Crippen LogP contribution >= 0.6 is 36.2 Å². The molecule has 0 atom stereocenters. The van der Waals surface area contributed by atoms with E-state index in [9.17, 15) is 4.79 Å². The van der Waals surface area contributed by atoms with Crippen molar-refractivity contribution < 1.29 is 4.79 Å². The van der Waals surface area contributed by atoms with Crippen LogP contribution in [0.25, 0.3) is 0 Å². The van der Waals surface area contributed by atoms with Crippen LogP contribution in [0.5, 0.6) is 0 Å². The van der Waals surface area contributed by atoms with Gasteiger partial charge in [0.1, 0.15) is 0 Å². The van der Waals surface area contributed by atoms with Crippen LogP contribution in [-0.4, -0.2) is 37.0 Å². The van der Waals surface area contributed by atoms with Crippen molar-refractivity contribution in [2.24, 2.45) is 0 Å². The summed E-state index contributed by atoms with van der Waals surface area (Å²) in [6.07, 6.45) is 1.25. The van der Waals surface area contributed by atoms with E-state index in [4.69, 9.17) is 5.73 Å². The molecule has 0 bridgehead atoms. The Labute approximate surface area is 159 Å². The molecular formula is C17H23Cl2N3OS. The molecule has 1 aromatic heterocycles. The molecule has 1 fully saturated rings. The molecule has 24 heavy (non-hydrogen) atoms. The number of aryl methyl sites for hydroxylation is 1. The number of hydrogen-bond acceptors (Lipinski definition) is 4. The van der Waals surface area contributed by atoms with E-state index in [1.165, 1.54) is 5.00 Å². The van der Waals surface area contributed by atoms with Gasteiger partial charge in [0.15, 0.2) is 0 Å². The van der Waals surface area contributed by atoms with Crippen molar-refractivity contribution in [3.8, 4) is 0 Å². The first-order valence-electron chi connectivity index (χ1n) is 7.63. The van der Waals surface area contributed by atoms with Crippen molar-refractivity contribution >= 4 is 52.7 Å². The molecule has 1 aromatic carbocycles. The number of carbonyl (C=O) groups is 1. The second-order valence-corrected chi connectivity index (χ2v) is 6.44. The highest BCUT2D eigenvalue weighted by molar-refractivity contribution is 7.14. The van der Waals surface area contributed by atoms with Crippen LogP contribution in [0, 0.1) is 0 Å². The second-order valence-electron chi connectivity index (χ2n) is 5.52. The van der Waals surface area contributed by atoms with Gasteiger partial charge in [-0.15, -0.1) is 36.2 Å². The highest BCUT2D eigenvalue weighted by atomic mass is 35.5. The molecule has 3 rings (SSSR count). The van der Waals surface area contributed by atoms with Crippen LogP contribution in [0.15, 0.2) is 41.8 Å². The molecule has 1 aliphatic heterocycles. The van der Waals surface area contributed by atoms with Crippen molar-refractivity contribution in [2.45, 2.75) is 12.8 Å². The molecule has 0 radical (unpaired) electrons. The molecule has 0 unspecified atom stereocenters. The van der Waals surface area contributed by atoms with E-state index < -0.39 is 0 Å². The van der Waals surface area contributed by atoms with E-state index in [1.807, 2.05) is 29.2 Å². The highest BCUT2D eigenvalue weighted by Gasteiger charge is 2.21. The Bertz CT molecular complexity index is 629. The summed E-state index contributed by atoms with van der Waals surface area (Å²) in [6, 6.07) is 12.0. The Morgan fingerprint density at radius 1 is 1.04 bits per heavy atom. The number of nitrogen functional groups attached to an aromatic ring is 1. The second kappa shape index (κ2) is 9.77. The molecule has 1 saturated heterocycles. The standard InChI is InChI=1S/C17H21N3OS.2ClH/c18-15-5-2-1-4-14(15)7-8-16(21)19-9-11-20(12-10-19)17-6-3-13-22-17;;/h1-6,13H,7-12,18H2;2*1H. The average Bonchev–Trinajstić information content (AvgIpc) is 3.08. The summed E-state index contributed by atoms with van der Waals surface area (Å²) in [5, 5.41) is 3.39. The van der Waals surface area contributed by atoms with Gasteiger partial charge >= 0.3 is 0 Å². The summed E-state index contributed by atoms with van der Waals surface area (Å²) in [5.74, 6) is 0.231. The SMILES string of the molecule is Cl.Cl.Nc1ccccc1CCC(=O)N1CCN(c2cccs2)CC1. The third kappa shape index (κ3) is 5.03. The fourth-order valence-corrected chi connectivity index (χ4v) is 3.57. The molecule has 1 aliphatic rings. The van der Waals surface area contributed by atoms with Gasteiger partial charge in [-0.25, -0.2) is 0 Å². The Hall–Kier alpha value is -1.43. The molecule has 0 saturated carbocycles. The fraction of sp³-hybridized carbons (Fsp3) is 0.353. The summed E-state index contributed by atoms with van der Waals surface area (Å²) < 4.78 is 0. The quantitative estimate of drug-likeness (QED) is 0.817. The van der Waals surface area contributed by atoms with Gasteiger partial charge in [-0.3, -0.25) is 4.79 Å². The lowest BCUT2D eigenvalue weighted by molar-refractivity contribution is -0.131. The van der Waals surface area contributed by atoms with Crippen LogP contribution in [0.1, 0.15) is 12.0 Å².